The molecular weight excluding hydrogens is 236 g/mol. The van der Waals surface area contributed by atoms with Crippen molar-refractivity contribution >= 4 is 5.97 Å². The van der Waals surface area contributed by atoms with Crippen LogP contribution in [-0.4, -0.2) is 20.6 Å². The van der Waals surface area contributed by atoms with Crippen molar-refractivity contribution in [1.82, 2.24) is 9.55 Å². The molecule has 0 aliphatic heterocycles. The van der Waals surface area contributed by atoms with Gasteiger partial charge in [0.25, 0.3) is 5.56 Å². The Balaban J connectivity index is 2.46. The molecule has 98 valence electrons. The Kier molecular flexibility index (Phi) is 2.88. The van der Waals surface area contributed by atoms with Crippen LogP contribution >= 0.6 is 0 Å². The average molecular weight is 252 g/mol. The van der Waals surface area contributed by atoms with Gasteiger partial charge in [-0.1, -0.05) is 13.8 Å². The van der Waals surface area contributed by atoms with E-state index in [9.17, 15) is 14.4 Å². The van der Waals surface area contributed by atoms with E-state index < -0.39 is 17.2 Å². The number of carboxylic acids is 1. The normalized spacial score (nSPS) is 22.0. The van der Waals surface area contributed by atoms with Crippen LogP contribution in [-0.2, 0) is 0 Å². The third kappa shape index (κ3) is 2.23. The van der Waals surface area contributed by atoms with Crippen LogP contribution in [0.4, 0.5) is 0 Å². The Bertz CT molecular complexity index is 597. The van der Waals surface area contributed by atoms with E-state index in [1.807, 2.05) is 0 Å². The first-order valence-corrected chi connectivity index (χ1v) is 5.89. The molecule has 18 heavy (non-hydrogen) atoms. The van der Waals surface area contributed by atoms with E-state index in [1.165, 1.54) is 4.57 Å². The second-order valence-electron chi connectivity index (χ2n) is 5.58. The van der Waals surface area contributed by atoms with Gasteiger partial charge in [0.1, 0.15) is 5.56 Å². The highest BCUT2D eigenvalue weighted by Gasteiger charge is 2.32. The number of aromatic nitrogens is 2. The van der Waals surface area contributed by atoms with Crippen LogP contribution in [0.15, 0.2) is 15.8 Å². The van der Waals surface area contributed by atoms with Crippen LogP contribution in [0, 0.1) is 5.41 Å². The zero-order valence-corrected chi connectivity index (χ0v) is 10.4. The van der Waals surface area contributed by atoms with Crippen LogP contribution in [0.2, 0.25) is 0 Å². The van der Waals surface area contributed by atoms with Gasteiger partial charge in [-0.25, -0.2) is 9.59 Å². The Hall–Kier alpha value is -1.85. The first kappa shape index (κ1) is 12.6. The Morgan fingerprint density at radius 1 is 1.50 bits per heavy atom. The van der Waals surface area contributed by atoms with E-state index in [2.05, 4.69) is 18.8 Å². The molecule has 1 saturated carbocycles. The number of aromatic carboxylic acids is 1. The maximum absolute atomic E-state index is 11.7. The number of nitrogens with zero attached hydrogens (tertiary/aromatic N) is 1. The number of hydrogen-bond acceptors (Lipinski definition) is 3. The molecule has 0 spiro atoms. The summed E-state index contributed by atoms with van der Waals surface area (Å²) in [5.74, 6) is -1.32. The van der Waals surface area contributed by atoms with Crippen molar-refractivity contribution in [2.45, 2.75) is 39.2 Å². The van der Waals surface area contributed by atoms with E-state index in [0.717, 1.165) is 25.5 Å². The Morgan fingerprint density at radius 2 is 2.17 bits per heavy atom. The van der Waals surface area contributed by atoms with Crippen LogP contribution in [0.25, 0.3) is 0 Å². The molecular formula is C12H16N2O4. The molecule has 2 rings (SSSR count). The number of hydrogen-bond donors (Lipinski definition) is 2. The molecule has 0 saturated heterocycles. The third-order valence-corrected chi connectivity index (χ3v) is 3.53. The third-order valence-electron chi connectivity index (χ3n) is 3.53. The van der Waals surface area contributed by atoms with Gasteiger partial charge in [0.15, 0.2) is 0 Å². The molecule has 1 unspecified atom stereocenters. The molecule has 1 atom stereocenters. The number of carboxylic acid groups (broad SMARTS) is 1. The summed E-state index contributed by atoms with van der Waals surface area (Å²) in [7, 11) is 0. The monoisotopic (exact) mass is 252 g/mol. The lowest BCUT2D eigenvalue weighted by Gasteiger charge is -2.18. The summed E-state index contributed by atoms with van der Waals surface area (Å²) < 4.78 is 1.35. The zero-order chi connectivity index (χ0) is 13.5. The van der Waals surface area contributed by atoms with E-state index in [1.54, 1.807) is 0 Å². The Labute approximate surface area is 103 Å². The molecule has 6 heteroatoms. The van der Waals surface area contributed by atoms with Gasteiger partial charge in [-0.05, 0) is 24.7 Å². The summed E-state index contributed by atoms with van der Waals surface area (Å²) in [6, 6.07) is -0.0394. The summed E-state index contributed by atoms with van der Waals surface area (Å²) in [4.78, 5) is 36.0. The topological polar surface area (TPSA) is 92.2 Å². The molecule has 1 aromatic rings. The number of carbonyl (C=O) groups is 1. The lowest BCUT2D eigenvalue weighted by atomic mass is 9.92. The van der Waals surface area contributed by atoms with Gasteiger partial charge in [-0.15, -0.1) is 0 Å². The van der Waals surface area contributed by atoms with Crippen LogP contribution < -0.4 is 11.2 Å². The van der Waals surface area contributed by atoms with Crippen molar-refractivity contribution < 1.29 is 9.90 Å². The van der Waals surface area contributed by atoms with Crippen molar-refractivity contribution in [2.75, 3.05) is 0 Å². The fourth-order valence-electron chi connectivity index (χ4n) is 2.55. The van der Waals surface area contributed by atoms with Gasteiger partial charge in [0.05, 0.1) is 0 Å². The summed E-state index contributed by atoms with van der Waals surface area (Å²) >= 11 is 0. The van der Waals surface area contributed by atoms with Crippen molar-refractivity contribution in [1.29, 1.82) is 0 Å². The minimum absolute atomic E-state index is 0.0394. The van der Waals surface area contributed by atoms with E-state index in [0.29, 0.717) is 0 Å². The minimum Gasteiger partial charge on any atom is -0.477 e. The molecule has 1 aromatic heterocycles. The zero-order valence-electron chi connectivity index (χ0n) is 10.4. The second-order valence-corrected chi connectivity index (χ2v) is 5.58. The van der Waals surface area contributed by atoms with E-state index in [-0.39, 0.29) is 17.0 Å². The maximum Gasteiger partial charge on any atom is 0.342 e. The highest BCUT2D eigenvalue weighted by atomic mass is 16.4. The molecule has 0 bridgehead atoms. The van der Waals surface area contributed by atoms with Crippen molar-refractivity contribution in [2.24, 2.45) is 5.41 Å². The first-order valence-electron chi connectivity index (χ1n) is 5.89. The highest BCUT2D eigenvalue weighted by molar-refractivity contribution is 5.86. The highest BCUT2D eigenvalue weighted by Crippen LogP contribution is 2.42. The van der Waals surface area contributed by atoms with Gasteiger partial charge >= 0.3 is 11.7 Å². The van der Waals surface area contributed by atoms with Gasteiger partial charge in [-0.3, -0.25) is 14.3 Å². The molecule has 0 amide bonds. The number of H-pyrrole nitrogens is 1. The van der Waals surface area contributed by atoms with Gasteiger partial charge in [-0.2, -0.15) is 0 Å². The fourth-order valence-corrected chi connectivity index (χ4v) is 2.55. The molecule has 1 aliphatic rings. The predicted octanol–water partition coefficient (Wildman–Crippen LogP) is 0.986. The van der Waals surface area contributed by atoms with Crippen molar-refractivity contribution in [3.63, 3.8) is 0 Å². The Morgan fingerprint density at radius 3 is 2.67 bits per heavy atom. The quantitative estimate of drug-likeness (QED) is 0.820. The standard InChI is InChI=1S/C12H16N2O4/c1-12(2)4-3-7(5-12)14-6-8(10(16)17)9(15)13-11(14)18/h6-7H,3-5H2,1-2H3,(H,16,17)(H,13,15,18). The summed E-state index contributed by atoms with van der Waals surface area (Å²) in [5, 5.41) is 8.89. The smallest absolute Gasteiger partial charge is 0.342 e. The fraction of sp³-hybridized carbons (Fsp3) is 0.583. The molecule has 0 radical (unpaired) electrons. The molecule has 1 heterocycles. The molecule has 0 aromatic carbocycles. The summed E-state index contributed by atoms with van der Waals surface area (Å²) in [5.41, 5.74) is -1.63. The molecule has 1 aliphatic carbocycles. The largest absolute Gasteiger partial charge is 0.477 e. The average Bonchev–Trinajstić information content (AvgIpc) is 2.58. The minimum atomic E-state index is -1.32. The predicted molar refractivity (Wildman–Crippen MR) is 65.0 cm³/mol. The van der Waals surface area contributed by atoms with Crippen LogP contribution in [0.1, 0.15) is 49.5 Å². The molecule has 2 N–H and O–H groups in total. The van der Waals surface area contributed by atoms with Gasteiger partial charge < -0.3 is 5.11 Å². The lowest BCUT2D eigenvalue weighted by Crippen LogP contribution is -2.35. The SMILES string of the molecule is CC1(C)CCC(n2cc(C(=O)O)c(=O)[nH]c2=O)C1. The lowest BCUT2D eigenvalue weighted by molar-refractivity contribution is 0.0693. The van der Waals surface area contributed by atoms with Crippen LogP contribution in [0.3, 0.4) is 0 Å². The van der Waals surface area contributed by atoms with Gasteiger partial charge in [0.2, 0.25) is 0 Å². The number of rotatable bonds is 2. The first-order chi connectivity index (χ1) is 8.30. The van der Waals surface area contributed by atoms with Crippen molar-refractivity contribution in [3.05, 3.63) is 32.6 Å². The number of aromatic amines is 1. The van der Waals surface area contributed by atoms with Gasteiger partial charge in [0, 0.05) is 12.2 Å². The van der Waals surface area contributed by atoms with Crippen molar-refractivity contribution in [3.8, 4) is 0 Å². The van der Waals surface area contributed by atoms with Crippen LogP contribution in [0.5, 0.6) is 0 Å². The van der Waals surface area contributed by atoms with E-state index in [4.69, 9.17) is 5.11 Å². The number of nitrogens with one attached hydrogen (secondary N) is 1. The molecule has 6 nitrogen and oxygen atoms in total. The summed E-state index contributed by atoms with van der Waals surface area (Å²) in [6.45, 7) is 4.23. The van der Waals surface area contributed by atoms with E-state index >= 15 is 0 Å². The second kappa shape index (κ2) is 4.12. The molecule has 1 fully saturated rings. The maximum atomic E-state index is 11.7. The summed E-state index contributed by atoms with van der Waals surface area (Å²) in [6.07, 6.45) is 3.76.